The van der Waals surface area contributed by atoms with E-state index in [-0.39, 0.29) is 11.9 Å². The molecule has 8 heteroatoms. The SMILES string of the molecule is CCC(C(=O)Nc1ncn(Cc2cccc(C)c2)n1)n1cc(Cl)cn1. The van der Waals surface area contributed by atoms with Gasteiger partial charge in [0, 0.05) is 6.20 Å². The number of hydrogen-bond donors (Lipinski definition) is 1. The number of hydrogen-bond acceptors (Lipinski definition) is 4. The molecule has 2 heterocycles. The van der Waals surface area contributed by atoms with Gasteiger partial charge in [0.05, 0.1) is 17.8 Å². The van der Waals surface area contributed by atoms with Crippen molar-refractivity contribution in [3.8, 4) is 0 Å². The summed E-state index contributed by atoms with van der Waals surface area (Å²) in [5.41, 5.74) is 2.32. The second-order valence-corrected chi connectivity index (χ2v) is 6.24. The van der Waals surface area contributed by atoms with Crippen LogP contribution in [-0.4, -0.2) is 30.5 Å². The Balaban J connectivity index is 1.67. The van der Waals surface area contributed by atoms with Crippen LogP contribution in [0.1, 0.15) is 30.5 Å². The second kappa shape index (κ2) is 7.48. The highest BCUT2D eigenvalue weighted by Crippen LogP contribution is 2.16. The molecule has 0 aliphatic heterocycles. The van der Waals surface area contributed by atoms with Crippen molar-refractivity contribution in [2.24, 2.45) is 0 Å². The predicted octanol–water partition coefficient (Wildman–Crippen LogP) is 3.07. The standard InChI is InChI=1S/C17H19ClN6O/c1-3-15(24-10-14(18)8-20-24)16(25)21-17-19-11-23(22-17)9-13-6-4-5-12(2)7-13/h4-8,10-11,15H,3,9H2,1-2H3,(H,21,22,25). The number of rotatable bonds is 6. The van der Waals surface area contributed by atoms with Crippen LogP contribution in [0.25, 0.3) is 0 Å². The lowest BCUT2D eigenvalue weighted by Gasteiger charge is -2.13. The molecule has 25 heavy (non-hydrogen) atoms. The number of nitrogens with zero attached hydrogens (tertiary/aromatic N) is 5. The van der Waals surface area contributed by atoms with Crippen LogP contribution in [0.3, 0.4) is 0 Å². The van der Waals surface area contributed by atoms with Crippen LogP contribution < -0.4 is 5.32 Å². The summed E-state index contributed by atoms with van der Waals surface area (Å²) in [6.45, 7) is 4.54. The van der Waals surface area contributed by atoms with Gasteiger partial charge in [-0.15, -0.1) is 5.10 Å². The van der Waals surface area contributed by atoms with Gasteiger partial charge in [-0.1, -0.05) is 48.4 Å². The summed E-state index contributed by atoms with van der Waals surface area (Å²) < 4.78 is 3.23. The molecule has 7 nitrogen and oxygen atoms in total. The minimum atomic E-state index is -0.462. The third-order valence-corrected chi connectivity index (χ3v) is 3.97. The van der Waals surface area contributed by atoms with Gasteiger partial charge in [-0.2, -0.15) is 5.10 Å². The van der Waals surface area contributed by atoms with Crippen molar-refractivity contribution in [1.82, 2.24) is 24.5 Å². The van der Waals surface area contributed by atoms with Crippen molar-refractivity contribution in [2.75, 3.05) is 5.32 Å². The van der Waals surface area contributed by atoms with Gasteiger partial charge < -0.3 is 0 Å². The van der Waals surface area contributed by atoms with Gasteiger partial charge in [0.2, 0.25) is 5.95 Å². The van der Waals surface area contributed by atoms with Gasteiger partial charge in [0.15, 0.2) is 0 Å². The maximum atomic E-state index is 12.5. The van der Waals surface area contributed by atoms with Gasteiger partial charge in [-0.05, 0) is 18.9 Å². The highest BCUT2D eigenvalue weighted by Gasteiger charge is 2.20. The Hall–Kier alpha value is -2.67. The first-order valence-corrected chi connectivity index (χ1v) is 8.38. The van der Waals surface area contributed by atoms with Gasteiger partial charge in [0.25, 0.3) is 5.91 Å². The highest BCUT2D eigenvalue weighted by atomic mass is 35.5. The number of anilines is 1. The second-order valence-electron chi connectivity index (χ2n) is 5.81. The molecule has 1 amide bonds. The van der Waals surface area contributed by atoms with Crippen molar-refractivity contribution in [1.29, 1.82) is 0 Å². The van der Waals surface area contributed by atoms with Crippen LogP contribution in [0.4, 0.5) is 5.95 Å². The molecular formula is C17H19ClN6O. The zero-order valence-corrected chi connectivity index (χ0v) is 14.8. The van der Waals surface area contributed by atoms with Crippen molar-refractivity contribution in [2.45, 2.75) is 32.9 Å². The first-order chi connectivity index (χ1) is 12.0. The fraction of sp³-hybridized carbons (Fsp3) is 0.294. The molecular weight excluding hydrogens is 340 g/mol. The van der Waals surface area contributed by atoms with E-state index in [1.165, 1.54) is 11.8 Å². The van der Waals surface area contributed by atoms with Crippen LogP contribution in [0.15, 0.2) is 43.0 Å². The van der Waals surface area contributed by atoms with Crippen LogP contribution >= 0.6 is 11.6 Å². The molecule has 130 valence electrons. The van der Waals surface area contributed by atoms with Crippen LogP contribution in [-0.2, 0) is 11.3 Å². The fourth-order valence-electron chi connectivity index (χ4n) is 2.60. The first kappa shape index (κ1) is 17.2. The summed E-state index contributed by atoms with van der Waals surface area (Å²) in [7, 11) is 0. The summed E-state index contributed by atoms with van der Waals surface area (Å²) >= 11 is 5.87. The lowest BCUT2D eigenvalue weighted by Crippen LogP contribution is -2.26. The van der Waals surface area contributed by atoms with E-state index in [4.69, 9.17) is 11.6 Å². The molecule has 0 saturated heterocycles. The monoisotopic (exact) mass is 358 g/mol. The van der Waals surface area contributed by atoms with Crippen molar-refractivity contribution < 1.29 is 4.79 Å². The average Bonchev–Trinajstić information content (AvgIpc) is 3.17. The zero-order chi connectivity index (χ0) is 17.8. The Morgan fingerprint density at radius 3 is 2.92 bits per heavy atom. The molecule has 0 spiro atoms. The molecule has 0 aliphatic carbocycles. The Morgan fingerprint density at radius 1 is 1.40 bits per heavy atom. The van der Waals surface area contributed by atoms with E-state index in [2.05, 4.69) is 26.6 Å². The van der Waals surface area contributed by atoms with E-state index >= 15 is 0 Å². The lowest BCUT2D eigenvalue weighted by atomic mass is 10.1. The molecule has 2 aromatic heterocycles. The Labute approximate surface area is 150 Å². The van der Waals surface area contributed by atoms with Crippen LogP contribution in [0.2, 0.25) is 5.02 Å². The van der Waals surface area contributed by atoms with E-state index in [9.17, 15) is 4.79 Å². The summed E-state index contributed by atoms with van der Waals surface area (Å²) in [5, 5.41) is 11.6. The summed E-state index contributed by atoms with van der Waals surface area (Å²) in [6, 6.07) is 7.71. The van der Waals surface area contributed by atoms with Crippen molar-refractivity contribution >= 4 is 23.5 Å². The van der Waals surface area contributed by atoms with Crippen LogP contribution in [0.5, 0.6) is 0 Å². The maximum Gasteiger partial charge on any atom is 0.251 e. The van der Waals surface area contributed by atoms with E-state index < -0.39 is 6.04 Å². The van der Waals surface area contributed by atoms with Gasteiger partial charge in [0.1, 0.15) is 12.4 Å². The molecule has 0 bridgehead atoms. The number of nitrogens with one attached hydrogen (secondary N) is 1. The minimum absolute atomic E-state index is 0.226. The topological polar surface area (TPSA) is 77.6 Å². The summed E-state index contributed by atoms with van der Waals surface area (Å²) in [5.74, 6) is 0.0462. The average molecular weight is 359 g/mol. The predicted molar refractivity (Wildman–Crippen MR) is 95.5 cm³/mol. The summed E-state index contributed by atoms with van der Waals surface area (Å²) in [4.78, 5) is 16.6. The van der Waals surface area contributed by atoms with Crippen molar-refractivity contribution in [3.05, 3.63) is 59.1 Å². The first-order valence-electron chi connectivity index (χ1n) is 8.00. The zero-order valence-electron chi connectivity index (χ0n) is 14.1. The van der Waals surface area contributed by atoms with E-state index in [0.717, 1.165) is 5.56 Å². The van der Waals surface area contributed by atoms with Gasteiger partial charge in [-0.25, -0.2) is 9.67 Å². The fourth-order valence-corrected chi connectivity index (χ4v) is 2.74. The largest absolute Gasteiger partial charge is 0.291 e. The van der Waals surface area contributed by atoms with E-state index in [0.29, 0.717) is 18.0 Å². The lowest BCUT2D eigenvalue weighted by molar-refractivity contribution is -0.119. The number of carbonyl (C=O) groups is 1. The number of amides is 1. The smallest absolute Gasteiger partial charge is 0.251 e. The highest BCUT2D eigenvalue weighted by molar-refractivity contribution is 6.30. The number of aromatic nitrogens is 5. The Kier molecular flexibility index (Phi) is 5.14. The van der Waals surface area contributed by atoms with Gasteiger partial charge in [-0.3, -0.25) is 14.8 Å². The van der Waals surface area contributed by atoms with Crippen LogP contribution in [0, 0.1) is 6.92 Å². The van der Waals surface area contributed by atoms with E-state index in [1.54, 1.807) is 21.9 Å². The quantitative estimate of drug-likeness (QED) is 0.734. The molecule has 1 aromatic carbocycles. The molecule has 3 rings (SSSR count). The molecule has 1 N–H and O–H groups in total. The normalized spacial score (nSPS) is 12.1. The van der Waals surface area contributed by atoms with E-state index in [1.807, 2.05) is 32.0 Å². The third kappa shape index (κ3) is 4.24. The Bertz CT molecular complexity index is 871. The molecule has 1 unspecified atom stereocenters. The Morgan fingerprint density at radius 2 is 2.24 bits per heavy atom. The maximum absolute atomic E-state index is 12.5. The number of aryl methyl sites for hydroxylation is 1. The molecule has 0 aliphatic rings. The number of benzene rings is 1. The minimum Gasteiger partial charge on any atom is -0.291 e. The molecule has 0 radical (unpaired) electrons. The molecule has 0 saturated carbocycles. The molecule has 1 atom stereocenters. The molecule has 3 aromatic rings. The molecule has 0 fully saturated rings. The number of halogens is 1. The third-order valence-electron chi connectivity index (χ3n) is 3.78. The number of carbonyl (C=O) groups excluding carboxylic acids is 1. The summed E-state index contributed by atoms with van der Waals surface area (Å²) in [6.07, 6.45) is 5.31. The van der Waals surface area contributed by atoms with Crippen molar-refractivity contribution in [3.63, 3.8) is 0 Å². The van der Waals surface area contributed by atoms with Gasteiger partial charge >= 0.3 is 0 Å².